The molecule has 6 heteroatoms. The maximum Gasteiger partial charge on any atom is 0.410 e. The Labute approximate surface area is 114 Å². The minimum absolute atomic E-state index is 0.281. The Balaban J connectivity index is 2.26. The van der Waals surface area contributed by atoms with Gasteiger partial charge in [0.15, 0.2) is 6.39 Å². The van der Waals surface area contributed by atoms with Gasteiger partial charge in [0.25, 0.3) is 0 Å². The molecule has 108 valence electrons. The molecular weight excluding hydrogens is 246 g/mol. The topological polar surface area (TPSA) is 67.6 Å². The van der Waals surface area contributed by atoms with Crippen molar-refractivity contribution >= 4 is 6.09 Å². The number of hydrogen-bond acceptors (Lipinski definition) is 5. The zero-order valence-electron chi connectivity index (χ0n) is 12.1. The third-order valence-electron chi connectivity index (χ3n) is 2.37. The summed E-state index contributed by atoms with van der Waals surface area (Å²) in [5.74, 6) is 0.778. The Kier molecular flexibility index (Phi) is 5.82. The maximum atomic E-state index is 11.9. The second-order valence-corrected chi connectivity index (χ2v) is 5.20. The van der Waals surface area contributed by atoms with E-state index in [2.05, 4.69) is 10.3 Å². The Bertz CT molecular complexity index is 371. The predicted molar refractivity (Wildman–Crippen MR) is 71.7 cm³/mol. The third kappa shape index (κ3) is 6.24. The van der Waals surface area contributed by atoms with Crippen LogP contribution in [-0.2, 0) is 11.3 Å². The van der Waals surface area contributed by atoms with Crippen LogP contribution in [0.1, 0.15) is 33.5 Å². The summed E-state index contributed by atoms with van der Waals surface area (Å²) < 4.78 is 10.4. The molecule has 0 aliphatic carbocycles. The summed E-state index contributed by atoms with van der Waals surface area (Å²) in [4.78, 5) is 17.4. The number of likely N-dealkylation sites (N-methyl/N-ethyl adjacent to an activating group) is 1. The van der Waals surface area contributed by atoms with Gasteiger partial charge >= 0.3 is 6.09 Å². The number of oxazole rings is 1. The molecule has 0 aromatic carbocycles. The lowest BCUT2D eigenvalue weighted by Gasteiger charge is -2.26. The first-order valence-corrected chi connectivity index (χ1v) is 6.48. The quantitative estimate of drug-likeness (QED) is 0.800. The van der Waals surface area contributed by atoms with Gasteiger partial charge in [0.05, 0.1) is 12.7 Å². The molecule has 1 N–H and O–H groups in total. The Morgan fingerprint density at radius 1 is 1.53 bits per heavy atom. The highest BCUT2D eigenvalue weighted by Crippen LogP contribution is 2.09. The van der Waals surface area contributed by atoms with Crippen LogP contribution in [0.25, 0.3) is 0 Å². The largest absolute Gasteiger partial charge is 0.447 e. The van der Waals surface area contributed by atoms with Crippen LogP contribution in [0, 0.1) is 0 Å². The van der Waals surface area contributed by atoms with Crippen LogP contribution in [0.3, 0.4) is 0 Å². The molecule has 0 aliphatic rings. The molecule has 1 heterocycles. The van der Waals surface area contributed by atoms with Gasteiger partial charge in [-0.15, -0.1) is 0 Å². The van der Waals surface area contributed by atoms with Gasteiger partial charge in [-0.25, -0.2) is 9.78 Å². The van der Waals surface area contributed by atoms with Crippen LogP contribution < -0.4 is 5.32 Å². The standard InChI is InChI=1S/C13H23N3O3/c1-5-16(12(17)19-13(2,3)4)7-6-14-8-11-9-15-10-18-11/h9-10,14H,5-8H2,1-4H3. The normalized spacial score (nSPS) is 11.4. The molecule has 0 bridgehead atoms. The summed E-state index contributed by atoms with van der Waals surface area (Å²) in [6.45, 7) is 10.0. The van der Waals surface area contributed by atoms with Crippen LogP contribution in [0.2, 0.25) is 0 Å². The fourth-order valence-corrected chi connectivity index (χ4v) is 1.46. The van der Waals surface area contributed by atoms with E-state index in [0.717, 1.165) is 5.76 Å². The lowest BCUT2D eigenvalue weighted by molar-refractivity contribution is 0.0262. The van der Waals surface area contributed by atoms with Gasteiger partial charge in [0.1, 0.15) is 11.4 Å². The van der Waals surface area contributed by atoms with E-state index < -0.39 is 5.60 Å². The van der Waals surface area contributed by atoms with Crippen molar-refractivity contribution in [3.05, 3.63) is 18.4 Å². The summed E-state index contributed by atoms with van der Waals surface area (Å²) in [5, 5.41) is 3.19. The molecule has 0 aliphatic heterocycles. The Morgan fingerprint density at radius 2 is 2.26 bits per heavy atom. The highest BCUT2D eigenvalue weighted by molar-refractivity contribution is 5.68. The molecular formula is C13H23N3O3. The number of amides is 1. The lowest BCUT2D eigenvalue weighted by atomic mass is 10.2. The molecule has 0 saturated carbocycles. The van der Waals surface area contributed by atoms with Crippen LogP contribution in [0.15, 0.2) is 17.0 Å². The Hall–Kier alpha value is -1.56. The monoisotopic (exact) mass is 269 g/mol. The summed E-state index contributed by atoms with van der Waals surface area (Å²) >= 11 is 0. The smallest absolute Gasteiger partial charge is 0.410 e. The van der Waals surface area contributed by atoms with E-state index in [1.807, 2.05) is 27.7 Å². The molecule has 1 rings (SSSR count). The fourth-order valence-electron chi connectivity index (χ4n) is 1.46. The second-order valence-electron chi connectivity index (χ2n) is 5.20. The van der Waals surface area contributed by atoms with Gasteiger partial charge in [-0.05, 0) is 27.7 Å². The van der Waals surface area contributed by atoms with E-state index in [1.165, 1.54) is 6.39 Å². The molecule has 0 fully saturated rings. The minimum Gasteiger partial charge on any atom is -0.447 e. The lowest BCUT2D eigenvalue weighted by Crippen LogP contribution is -2.40. The zero-order chi connectivity index (χ0) is 14.3. The molecule has 19 heavy (non-hydrogen) atoms. The first-order chi connectivity index (χ1) is 8.92. The van der Waals surface area contributed by atoms with Gasteiger partial charge in [-0.3, -0.25) is 0 Å². The Morgan fingerprint density at radius 3 is 2.79 bits per heavy atom. The SMILES string of the molecule is CCN(CCNCc1cnco1)C(=O)OC(C)(C)C. The molecule has 0 unspecified atom stereocenters. The number of aromatic nitrogens is 1. The van der Waals surface area contributed by atoms with Crippen LogP contribution in [-0.4, -0.2) is 41.2 Å². The summed E-state index contributed by atoms with van der Waals surface area (Å²) in [7, 11) is 0. The third-order valence-corrected chi connectivity index (χ3v) is 2.37. The maximum absolute atomic E-state index is 11.9. The van der Waals surface area contributed by atoms with E-state index in [0.29, 0.717) is 26.2 Å². The number of carbonyl (C=O) groups is 1. The molecule has 0 saturated heterocycles. The second kappa shape index (κ2) is 7.13. The predicted octanol–water partition coefficient (Wildman–Crippen LogP) is 2.02. The van der Waals surface area contributed by atoms with Crippen molar-refractivity contribution in [3.8, 4) is 0 Å². The molecule has 6 nitrogen and oxygen atoms in total. The van der Waals surface area contributed by atoms with E-state index in [-0.39, 0.29) is 6.09 Å². The zero-order valence-corrected chi connectivity index (χ0v) is 12.1. The number of rotatable bonds is 6. The molecule has 0 spiro atoms. The number of carbonyl (C=O) groups excluding carboxylic acids is 1. The molecule has 1 amide bonds. The minimum atomic E-state index is -0.461. The van der Waals surface area contributed by atoms with Crippen molar-refractivity contribution in [2.24, 2.45) is 0 Å². The van der Waals surface area contributed by atoms with Crippen molar-refractivity contribution in [1.29, 1.82) is 0 Å². The summed E-state index contributed by atoms with van der Waals surface area (Å²) in [5.41, 5.74) is -0.461. The van der Waals surface area contributed by atoms with E-state index in [4.69, 9.17) is 9.15 Å². The first kappa shape index (κ1) is 15.5. The van der Waals surface area contributed by atoms with Crippen molar-refractivity contribution in [2.75, 3.05) is 19.6 Å². The highest BCUT2D eigenvalue weighted by Gasteiger charge is 2.20. The van der Waals surface area contributed by atoms with E-state index >= 15 is 0 Å². The molecule has 1 aromatic rings. The van der Waals surface area contributed by atoms with Crippen molar-refractivity contribution in [3.63, 3.8) is 0 Å². The molecule has 1 aromatic heterocycles. The van der Waals surface area contributed by atoms with E-state index in [1.54, 1.807) is 11.1 Å². The van der Waals surface area contributed by atoms with Crippen molar-refractivity contribution in [1.82, 2.24) is 15.2 Å². The first-order valence-electron chi connectivity index (χ1n) is 6.48. The summed E-state index contributed by atoms with van der Waals surface area (Å²) in [6, 6.07) is 0. The fraction of sp³-hybridized carbons (Fsp3) is 0.692. The van der Waals surface area contributed by atoms with Crippen LogP contribution in [0.5, 0.6) is 0 Å². The average Bonchev–Trinajstić information content (AvgIpc) is 2.79. The molecule has 0 radical (unpaired) electrons. The van der Waals surface area contributed by atoms with Gasteiger partial charge < -0.3 is 19.4 Å². The van der Waals surface area contributed by atoms with Crippen LogP contribution in [0.4, 0.5) is 4.79 Å². The van der Waals surface area contributed by atoms with Crippen molar-refractivity contribution in [2.45, 2.75) is 39.8 Å². The number of ether oxygens (including phenoxy) is 1. The van der Waals surface area contributed by atoms with Crippen LogP contribution >= 0.6 is 0 Å². The van der Waals surface area contributed by atoms with Crippen molar-refractivity contribution < 1.29 is 13.9 Å². The highest BCUT2D eigenvalue weighted by atomic mass is 16.6. The average molecular weight is 269 g/mol. The number of nitrogens with zero attached hydrogens (tertiary/aromatic N) is 2. The molecule has 0 atom stereocenters. The van der Waals surface area contributed by atoms with Gasteiger partial charge in [-0.1, -0.05) is 0 Å². The van der Waals surface area contributed by atoms with Gasteiger partial charge in [-0.2, -0.15) is 0 Å². The number of hydrogen-bond donors (Lipinski definition) is 1. The summed E-state index contributed by atoms with van der Waals surface area (Å²) in [6.07, 6.45) is 2.78. The van der Waals surface area contributed by atoms with Gasteiger partial charge in [0.2, 0.25) is 0 Å². The van der Waals surface area contributed by atoms with Gasteiger partial charge in [0, 0.05) is 19.6 Å². The van der Waals surface area contributed by atoms with E-state index in [9.17, 15) is 4.79 Å². The number of nitrogens with one attached hydrogen (secondary N) is 1.